The molecule has 0 spiro atoms. The summed E-state index contributed by atoms with van der Waals surface area (Å²) in [6.45, 7) is 9.41. The molecule has 0 unspecified atom stereocenters. The second-order valence-electron chi connectivity index (χ2n) is 6.72. The number of rotatable bonds is 5. The highest BCUT2D eigenvalue weighted by atomic mass is 16.5. The van der Waals surface area contributed by atoms with Crippen molar-refractivity contribution < 1.29 is 9.53 Å². The Hall–Kier alpha value is -2.29. The monoisotopic (exact) mass is 311 g/mol. The molecule has 2 aromatic rings. The highest BCUT2D eigenvalue weighted by molar-refractivity contribution is 5.94. The molecule has 0 bridgehead atoms. The van der Waals surface area contributed by atoms with Gasteiger partial charge in [0.25, 0.3) is 5.91 Å². The predicted octanol–water partition coefficient (Wildman–Crippen LogP) is 4.10. The topological polar surface area (TPSA) is 38.3 Å². The molecule has 0 fully saturated rings. The summed E-state index contributed by atoms with van der Waals surface area (Å²) in [5.41, 5.74) is 3.01. The molecule has 0 aliphatic rings. The Bertz CT molecular complexity index is 654. The van der Waals surface area contributed by atoms with Crippen LogP contribution in [0.3, 0.4) is 0 Å². The molecule has 0 aliphatic heterocycles. The van der Waals surface area contributed by atoms with Crippen molar-refractivity contribution in [2.75, 3.05) is 13.2 Å². The molecule has 1 amide bonds. The molecular formula is C20H25NO2. The van der Waals surface area contributed by atoms with Crippen LogP contribution in [0.4, 0.5) is 0 Å². The highest BCUT2D eigenvalue weighted by Crippen LogP contribution is 2.30. The van der Waals surface area contributed by atoms with Crippen LogP contribution in [-0.2, 0) is 5.41 Å². The number of para-hydroxylation sites is 1. The maximum atomic E-state index is 12.0. The normalized spacial score (nSPS) is 11.1. The summed E-state index contributed by atoms with van der Waals surface area (Å²) in [5.74, 6) is 0.808. The van der Waals surface area contributed by atoms with E-state index in [4.69, 9.17) is 4.74 Å². The van der Waals surface area contributed by atoms with Crippen molar-refractivity contribution in [2.45, 2.75) is 33.1 Å². The van der Waals surface area contributed by atoms with Crippen molar-refractivity contribution in [1.82, 2.24) is 5.32 Å². The van der Waals surface area contributed by atoms with Gasteiger partial charge < -0.3 is 10.1 Å². The number of carbonyl (C=O) groups is 1. The maximum Gasteiger partial charge on any atom is 0.251 e. The van der Waals surface area contributed by atoms with Crippen LogP contribution >= 0.6 is 0 Å². The molecule has 0 saturated heterocycles. The van der Waals surface area contributed by atoms with E-state index in [2.05, 4.69) is 32.2 Å². The van der Waals surface area contributed by atoms with Gasteiger partial charge in [-0.05, 0) is 36.1 Å². The number of hydrogen-bond donors (Lipinski definition) is 1. The molecule has 3 heteroatoms. The zero-order valence-electron chi connectivity index (χ0n) is 14.3. The fourth-order valence-electron chi connectivity index (χ4n) is 2.34. The van der Waals surface area contributed by atoms with Crippen LogP contribution in [0.1, 0.15) is 42.3 Å². The first-order valence-electron chi connectivity index (χ1n) is 7.95. The van der Waals surface area contributed by atoms with Gasteiger partial charge in [-0.15, -0.1) is 0 Å². The smallest absolute Gasteiger partial charge is 0.251 e. The quantitative estimate of drug-likeness (QED) is 0.844. The van der Waals surface area contributed by atoms with Crippen LogP contribution in [0.5, 0.6) is 5.75 Å². The first-order valence-corrected chi connectivity index (χ1v) is 7.95. The number of benzene rings is 2. The van der Waals surface area contributed by atoms with Crippen LogP contribution in [0.25, 0.3) is 0 Å². The van der Waals surface area contributed by atoms with Crippen molar-refractivity contribution >= 4 is 5.91 Å². The lowest BCUT2D eigenvalue weighted by Gasteiger charge is -2.22. The number of carbonyl (C=O) groups excluding carboxylic acids is 1. The first kappa shape index (κ1) is 17.1. The zero-order valence-corrected chi connectivity index (χ0v) is 14.3. The van der Waals surface area contributed by atoms with Gasteiger partial charge in [-0.1, -0.05) is 56.7 Å². The van der Waals surface area contributed by atoms with E-state index in [1.54, 1.807) is 0 Å². The molecule has 122 valence electrons. The second-order valence-corrected chi connectivity index (χ2v) is 6.72. The average molecular weight is 311 g/mol. The number of aryl methyl sites for hydroxylation is 1. The third-order valence-electron chi connectivity index (χ3n) is 3.65. The third kappa shape index (κ3) is 4.85. The van der Waals surface area contributed by atoms with Gasteiger partial charge in [0.2, 0.25) is 0 Å². The van der Waals surface area contributed by atoms with Gasteiger partial charge in [0.05, 0.1) is 6.54 Å². The largest absolute Gasteiger partial charge is 0.491 e. The summed E-state index contributed by atoms with van der Waals surface area (Å²) < 4.78 is 5.85. The Labute approximate surface area is 138 Å². The van der Waals surface area contributed by atoms with Gasteiger partial charge in [-0.25, -0.2) is 0 Å². The SMILES string of the molecule is Cc1ccc(C(=O)NCCOc2ccccc2C(C)(C)C)cc1. The van der Waals surface area contributed by atoms with Crippen LogP contribution < -0.4 is 10.1 Å². The summed E-state index contributed by atoms with van der Waals surface area (Å²) in [5, 5.41) is 2.88. The number of amides is 1. The van der Waals surface area contributed by atoms with Crippen molar-refractivity contribution in [1.29, 1.82) is 0 Å². The molecule has 3 nitrogen and oxygen atoms in total. The summed E-state index contributed by atoms with van der Waals surface area (Å²) in [4.78, 5) is 12.0. The summed E-state index contributed by atoms with van der Waals surface area (Å²) in [7, 11) is 0. The van der Waals surface area contributed by atoms with Gasteiger partial charge in [-0.3, -0.25) is 4.79 Å². The van der Waals surface area contributed by atoms with E-state index >= 15 is 0 Å². The molecule has 0 aromatic heterocycles. The fourth-order valence-corrected chi connectivity index (χ4v) is 2.34. The molecule has 0 radical (unpaired) electrons. The Kier molecular flexibility index (Phi) is 5.43. The van der Waals surface area contributed by atoms with Crippen molar-refractivity contribution in [3.05, 3.63) is 65.2 Å². The molecule has 23 heavy (non-hydrogen) atoms. The fraction of sp³-hybridized carbons (Fsp3) is 0.350. The van der Waals surface area contributed by atoms with E-state index in [9.17, 15) is 4.79 Å². The maximum absolute atomic E-state index is 12.0. The van der Waals surface area contributed by atoms with Crippen LogP contribution in [-0.4, -0.2) is 19.1 Å². The van der Waals surface area contributed by atoms with Gasteiger partial charge in [0.1, 0.15) is 12.4 Å². The summed E-state index contributed by atoms with van der Waals surface area (Å²) in [6, 6.07) is 15.6. The Morgan fingerprint density at radius 2 is 1.70 bits per heavy atom. The molecule has 2 rings (SSSR count). The highest BCUT2D eigenvalue weighted by Gasteiger charge is 2.18. The lowest BCUT2D eigenvalue weighted by Crippen LogP contribution is -2.28. The molecule has 1 N–H and O–H groups in total. The average Bonchev–Trinajstić information content (AvgIpc) is 2.51. The van der Waals surface area contributed by atoms with Crippen molar-refractivity contribution in [3.63, 3.8) is 0 Å². The minimum atomic E-state index is -0.0716. The van der Waals surface area contributed by atoms with Crippen LogP contribution in [0.15, 0.2) is 48.5 Å². The molecule has 2 aromatic carbocycles. The van der Waals surface area contributed by atoms with E-state index in [1.807, 2.05) is 49.4 Å². The molecule has 0 saturated carbocycles. The Morgan fingerprint density at radius 1 is 1.04 bits per heavy atom. The van der Waals surface area contributed by atoms with Gasteiger partial charge in [0, 0.05) is 5.56 Å². The number of ether oxygens (including phenoxy) is 1. The standard InChI is InChI=1S/C20H25NO2/c1-15-9-11-16(12-10-15)19(22)21-13-14-23-18-8-6-5-7-17(18)20(2,3)4/h5-12H,13-14H2,1-4H3,(H,21,22). The number of nitrogens with one attached hydrogen (secondary N) is 1. The number of hydrogen-bond acceptors (Lipinski definition) is 2. The second kappa shape index (κ2) is 7.32. The lowest BCUT2D eigenvalue weighted by atomic mass is 9.86. The Morgan fingerprint density at radius 3 is 2.35 bits per heavy atom. The van der Waals surface area contributed by atoms with Gasteiger partial charge in [-0.2, -0.15) is 0 Å². The molecular weight excluding hydrogens is 286 g/mol. The van der Waals surface area contributed by atoms with Crippen molar-refractivity contribution in [3.8, 4) is 5.75 Å². The van der Waals surface area contributed by atoms with E-state index in [0.717, 1.165) is 11.3 Å². The van der Waals surface area contributed by atoms with Gasteiger partial charge >= 0.3 is 0 Å². The molecule has 0 heterocycles. The van der Waals surface area contributed by atoms with E-state index in [0.29, 0.717) is 18.7 Å². The van der Waals surface area contributed by atoms with Crippen LogP contribution in [0.2, 0.25) is 0 Å². The first-order chi connectivity index (χ1) is 10.9. The summed E-state index contributed by atoms with van der Waals surface area (Å²) in [6.07, 6.45) is 0. The van der Waals surface area contributed by atoms with Crippen molar-refractivity contribution in [2.24, 2.45) is 0 Å². The van der Waals surface area contributed by atoms with E-state index in [1.165, 1.54) is 5.56 Å². The Balaban J connectivity index is 1.86. The van der Waals surface area contributed by atoms with E-state index in [-0.39, 0.29) is 11.3 Å². The van der Waals surface area contributed by atoms with Crippen LogP contribution in [0, 0.1) is 6.92 Å². The lowest BCUT2D eigenvalue weighted by molar-refractivity contribution is 0.0947. The zero-order chi connectivity index (χ0) is 16.9. The predicted molar refractivity (Wildman–Crippen MR) is 94.1 cm³/mol. The summed E-state index contributed by atoms with van der Waals surface area (Å²) >= 11 is 0. The third-order valence-corrected chi connectivity index (χ3v) is 3.65. The molecule has 0 aliphatic carbocycles. The van der Waals surface area contributed by atoms with E-state index < -0.39 is 0 Å². The molecule has 0 atom stereocenters. The minimum Gasteiger partial charge on any atom is -0.491 e. The minimum absolute atomic E-state index is 0.0295. The van der Waals surface area contributed by atoms with Gasteiger partial charge in [0.15, 0.2) is 0 Å².